The molecule has 0 saturated heterocycles. The van der Waals surface area contributed by atoms with Crippen molar-refractivity contribution < 1.29 is 4.39 Å². The lowest BCUT2D eigenvalue weighted by Crippen LogP contribution is -2.41. The highest BCUT2D eigenvalue weighted by molar-refractivity contribution is 5.83. The minimum atomic E-state index is -0.217. The van der Waals surface area contributed by atoms with Crippen LogP contribution < -0.4 is 10.6 Å². The van der Waals surface area contributed by atoms with Gasteiger partial charge in [0.1, 0.15) is 5.82 Å². The van der Waals surface area contributed by atoms with Crippen molar-refractivity contribution in [3.63, 3.8) is 0 Å². The van der Waals surface area contributed by atoms with E-state index in [1.54, 1.807) is 7.05 Å². The molecule has 0 radical (unpaired) electrons. The Morgan fingerprint density at radius 3 is 2.83 bits per heavy atom. The number of fused-ring (bicyclic) bond motifs is 1. The number of H-pyrrole nitrogens is 1. The van der Waals surface area contributed by atoms with E-state index >= 15 is 0 Å². The van der Waals surface area contributed by atoms with Gasteiger partial charge in [-0.05, 0) is 43.8 Å². The molecule has 0 amide bonds. The topological polar surface area (TPSA) is 55.4 Å². The smallest absolute Gasteiger partial charge is 0.191 e. The normalized spacial score (nSPS) is 12.1. The fourth-order valence-electron chi connectivity index (χ4n) is 2.42. The average Bonchev–Trinajstić information content (AvgIpc) is 2.95. The molecule has 0 fully saturated rings. The number of aromatic amines is 1. The van der Waals surface area contributed by atoms with Crippen LogP contribution in [0.25, 0.3) is 10.9 Å². The fourth-order valence-corrected chi connectivity index (χ4v) is 2.42. The van der Waals surface area contributed by atoms with E-state index in [2.05, 4.69) is 39.5 Å². The SMILES string of the molecule is CCN(C)CCNC(=NC)NCCc1c[nH]c2cc(F)ccc12. The Hall–Kier alpha value is -2.08. The third kappa shape index (κ3) is 4.96. The monoisotopic (exact) mass is 319 g/mol. The van der Waals surface area contributed by atoms with Crippen LogP contribution in [0.3, 0.4) is 0 Å². The minimum Gasteiger partial charge on any atom is -0.361 e. The van der Waals surface area contributed by atoms with E-state index in [1.165, 1.54) is 17.7 Å². The van der Waals surface area contributed by atoms with Gasteiger partial charge in [0.15, 0.2) is 5.96 Å². The van der Waals surface area contributed by atoms with Gasteiger partial charge in [0.25, 0.3) is 0 Å². The van der Waals surface area contributed by atoms with Crippen LogP contribution in [-0.4, -0.2) is 56.1 Å². The van der Waals surface area contributed by atoms with Gasteiger partial charge in [-0.15, -0.1) is 0 Å². The molecule has 3 N–H and O–H groups in total. The summed E-state index contributed by atoms with van der Waals surface area (Å²) >= 11 is 0. The summed E-state index contributed by atoms with van der Waals surface area (Å²) < 4.78 is 13.2. The van der Waals surface area contributed by atoms with Crippen molar-refractivity contribution in [3.05, 3.63) is 35.8 Å². The molecule has 23 heavy (non-hydrogen) atoms. The number of aliphatic imine (C=N–C) groups is 1. The van der Waals surface area contributed by atoms with E-state index in [0.717, 1.165) is 49.5 Å². The van der Waals surface area contributed by atoms with Crippen LogP contribution in [0.15, 0.2) is 29.4 Å². The van der Waals surface area contributed by atoms with Crippen LogP contribution in [0, 0.1) is 5.82 Å². The second kappa shape index (κ2) is 8.53. The lowest BCUT2D eigenvalue weighted by atomic mass is 10.1. The molecule has 0 atom stereocenters. The highest BCUT2D eigenvalue weighted by atomic mass is 19.1. The van der Waals surface area contributed by atoms with Crippen molar-refractivity contribution in [2.75, 3.05) is 40.3 Å². The molecule has 1 aromatic heterocycles. The van der Waals surface area contributed by atoms with E-state index in [4.69, 9.17) is 0 Å². The highest BCUT2D eigenvalue weighted by Crippen LogP contribution is 2.19. The molecule has 2 rings (SSSR count). The van der Waals surface area contributed by atoms with E-state index in [9.17, 15) is 4.39 Å². The molecule has 6 heteroatoms. The van der Waals surface area contributed by atoms with Gasteiger partial charge < -0.3 is 20.5 Å². The number of likely N-dealkylation sites (N-methyl/N-ethyl adjacent to an activating group) is 1. The molecule has 1 heterocycles. The van der Waals surface area contributed by atoms with Crippen molar-refractivity contribution in [1.82, 2.24) is 20.5 Å². The Kier molecular flexibility index (Phi) is 6.40. The van der Waals surface area contributed by atoms with Gasteiger partial charge in [0, 0.05) is 43.8 Å². The molecular weight excluding hydrogens is 293 g/mol. The molecule has 1 aromatic carbocycles. The van der Waals surface area contributed by atoms with Gasteiger partial charge in [-0.2, -0.15) is 0 Å². The first-order valence-corrected chi connectivity index (χ1v) is 8.02. The van der Waals surface area contributed by atoms with Crippen LogP contribution in [-0.2, 0) is 6.42 Å². The van der Waals surface area contributed by atoms with Crippen molar-refractivity contribution in [3.8, 4) is 0 Å². The standard InChI is InChI=1S/C17H26FN5/c1-4-23(3)10-9-21-17(19-2)20-8-7-13-12-22-16-11-14(18)5-6-15(13)16/h5-6,11-12,22H,4,7-10H2,1-3H3,(H2,19,20,21). The maximum Gasteiger partial charge on any atom is 0.191 e. The highest BCUT2D eigenvalue weighted by Gasteiger charge is 2.05. The third-order valence-corrected chi connectivity index (χ3v) is 3.97. The number of hydrogen-bond donors (Lipinski definition) is 3. The number of rotatable bonds is 7. The van der Waals surface area contributed by atoms with Crippen molar-refractivity contribution >= 4 is 16.9 Å². The zero-order valence-corrected chi connectivity index (χ0v) is 14.1. The molecule has 0 aliphatic rings. The molecule has 0 spiro atoms. The van der Waals surface area contributed by atoms with Gasteiger partial charge in [-0.3, -0.25) is 4.99 Å². The molecule has 0 unspecified atom stereocenters. The van der Waals surface area contributed by atoms with Crippen molar-refractivity contribution in [2.45, 2.75) is 13.3 Å². The molecule has 0 aliphatic carbocycles. The van der Waals surface area contributed by atoms with Crippen LogP contribution in [0.2, 0.25) is 0 Å². The molecular formula is C17H26FN5. The van der Waals surface area contributed by atoms with Crippen molar-refractivity contribution in [1.29, 1.82) is 0 Å². The Morgan fingerprint density at radius 1 is 1.30 bits per heavy atom. The lowest BCUT2D eigenvalue weighted by molar-refractivity contribution is 0.357. The number of hydrogen-bond acceptors (Lipinski definition) is 2. The zero-order valence-electron chi connectivity index (χ0n) is 14.1. The summed E-state index contributed by atoms with van der Waals surface area (Å²) in [5.41, 5.74) is 2.01. The molecule has 0 bridgehead atoms. The Morgan fingerprint density at radius 2 is 2.09 bits per heavy atom. The third-order valence-electron chi connectivity index (χ3n) is 3.97. The van der Waals surface area contributed by atoms with E-state index in [0.29, 0.717) is 0 Å². The number of nitrogens with zero attached hydrogens (tertiary/aromatic N) is 2. The summed E-state index contributed by atoms with van der Waals surface area (Å²) in [5, 5.41) is 7.68. The number of aromatic nitrogens is 1. The Balaban J connectivity index is 1.80. The first kappa shape index (κ1) is 17.3. The van der Waals surface area contributed by atoms with E-state index in [-0.39, 0.29) is 5.82 Å². The average molecular weight is 319 g/mol. The number of guanidine groups is 1. The Labute approximate surface area is 137 Å². The van der Waals surface area contributed by atoms with Crippen LogP contribution in [0.5, 0.6) is 0 Å². The van der Waals surface area contributed by atoms with E-state index < -0.39 is 0 Å². The number of halogens is 1. The summed E-state index contributed by atoms with van der Waals surface area (Å²) in [6.07, 6.45) is 2.79. The van der Waals surface area contributed by atoms with Gasteiger partial charge >= 0.3 is 0 Å². The van der Waals surface area contributed by atoms with Crippen LogP contribution >= 0.6 is 0 Å². The van der Waals surface area contributed by atoms with Gasteiger partial charge in [-0.25, -0.2) is 4.39 Å². The van der Waals surface area contributed by atoms with E-state index in [1.807, 2.05) is 12.3 Å². The Bertz CT molecular complexity index is 649. The van der Waals surface area contributed by atoms with Crippen LogP contribution in [0.4, 0.5) is 4.39 Å². The van der Waals surface area contributed by atoms with Gasteiger partial charge in [0.2, 0.25) is 0 Å². The maximum absolute atomic E-state index is 13.2. The molecule has 0 saturated carbocycles. The lowest BCUT2D eigenvalue weighted by Gasteiger charge is -2.16. The predicted octanol–water partition coefficient (Wildman–Crippen LogP) is 1.97. The summed E-state index contributed by atoms with van der Waals surface area (Å²) in [6, 6.07) is 4.85. The number of benzene rings is 1. The molecule has 5 nitrogen and oxygen atoms in total. The van der Waals surface area contributed by atoms with Crippen LogP contribution in [0.1, 0.15) is 12.5 Å². The fraction of sp³-hybridized carbons (Fsp3) is 0.471. The first-order valence-electron chi connectivity index (χ1n) is 8.02. The molecule has 126 valence electrons. The summed E-state index contributed by atoms with van der Waals surface area (Å²) in [5.74, 6) is 0.589. The second-order valence-corrected chi connectivity index (χ2v) is 5.58. The quantitative estimate of drug-likeness (QED) is 0.540. The predicted molar refractivity (Wildman–Crippen MR) is 94.5 cm³/mol. The molecule has 2 aromatic rings. The zero-order chi connectivity index (χ0) is 16.7. The summed E-state index contributed by atoms with van der Waals surface area (Å²) in [6.45, 7) is 5.78. The second-order valence-electron chi connectivity index (χ2n) is 5.58. The summed E-state index contributed by atoms with van der Waals surface area (Å²) in [4.78, 5) is 9.58. The first-order chi connectivity index (χ1) is 11.1. The molecule has 0 aliphatic heterocycles. The van der Waals surface area contributed by atoms with Gasteiger partial charge in [-0.1, -0.05) is 6.92 Å². The number of nitrogens with one attached hydrogen (secondary N) is 3. The minimum absolute atomic E-state index is 0.217. The largest absolute Gasteiger partial charge is 0.361 e. The summed E-state index contributed by atoms with van der Waals surface area (Å²) in [7, 11) is 3.87. The van der Waals surface area contributed by atoms with Gasteiger partial charge in [0.05, 0.1) is 0 Å². The maximum atomic E-state index is 13.2. The van der Waals surface area contributed by atoms with Crippen molar-refractivity contribution in [2.24, 2.45) is 4.99 Å².